The summed E-state index contributed by atoms with van der Waals surface area (Å²) in [5.41, 5.74) is 2.11. The summed E-state index contributed by atoms with van der Waals surface area (Å²) in [6.45, 7) is 2.91. The smallest absolute Gasteiger partial charge is 0.218 e. The molecule has 2 rings (SSSR count). The maximum Gasteiger partial charge on any atom is 0.218 e. The summed E-state index contributed by atoms with van der Waals surface area (Å²) < 4.78 is 7.28. The first-order valence-electron chi connectivity index (χ1n) is 5.99. The summed E-state index contributed by atoms with van der Waals surface area (Å²) in [7, 11) is 3.56. The molecule has 5 nitrogen and oxygen atoms in total. The Balaban J connectivity index is 2.45. The molecular weight excluding hydrogens is 228 g/mol. The van der Waals surface area contributed by atoms with Crippen molar-refractivity contribution in [1.29, 1.82) is 0 Å². The topological polar surface area (TPSA) is 52.0 Å². The molecule has 0 spiro atoms. The molecule has 5 heteroatoms. The Hall–Kier alpha value is -1.88. The van der Waals surface area contributed by atoms with E-state index in [1.165, 1.54) is 0 Å². The van der Waals surface area contributed by atoms with Crippen LogP contribution in [0.25, 0.3) is 0 Å². The second-order valence-electron chi connectivity index (χ2n) is 3.90. The monoisotopic (exact) mass is 246 g/mol. The van der Waals surface area contributed by atoms with Crippen molar-refractivity contribution in [3.05, 3.63) is 41.9 Å². The zero-order valence-electron chi connectivity index (χ0n) is 10.9. The average Bonchev–Trinajstić information content (AvgIpc) is 2.88. The molecular formula is C13H18N4O. The number of nitrogens with one attached hydrogen (secondary N) is 1. The highest BCUT2D eigenvalue weighted by molar-refractivity contribution is 5.34. The fraction of sp³-hybridized carbons (Fsp3) is 0.385. The van der Waals surface area contributed by atoms with Gasteiger partial charge < -0.3 is 10.1 Å². The standard InChI is InChI=1S/C13H18N4O/c1-4-17-11(7-9-16-17)12(14-2)10-6-5-8-15-13(10)18-3/h5-9,12,14H,4H2,1-3H3. The van der Waals surface area contributed by atoms with Gasteiger partial charge in [-0.2, -0.15) is 5.10 Å². The fourth-order valence-electron chi connectivity index (χ4n) is 2.11. The normalized spacial score (nSPS) is 12.4. The average molecular weight is 246 g/mol. The van der Waals surface area contributed by atoms with Crippen molar-refractivity contribution in [2.75, 3.05) is 14.2 Å². The van der Waals surface area contributed by atoms with Crippen molar-refractivity contribution in [1.82, 2.24) is 20.1 Å². The molecule has 0 aliphatic carbocycles. The molecule has 0 aliphatic rings. The lowest BCUT2D eigenvalue weighted by Gasteiger charge is -2.19. The van der Waals surface area contributed by atoms with Gasteiger partial charge in [-0.1, -0.05) is 6.07 Å². The minimum Gasteiger partial charge on any atom is -0.481 e. The second-order valence-corrected chi connectivity index (χ2v) is 3.90. The fourth-order valence-corrected chi connectivity index (χ4v) is 2.11. The van der Waals surface area contributed by atoms with Gasteiger partial charge in [-0.3, -0.25) is 4.68 Å². The predicted molar refractivity (Wildman–Crippen MR) is 69.6 cm³/mol. The molecule has 0 radical (unpaired) electrons. The first-order chi connectivity index (χ1) is 8.81. The van der Waals surface area contributed by atoms with E-state index in [-0.39, 0.29) is 6.04 Å². The molecule has 1 N–H and O–H groups in total. The molecule has 0 amide bonds. The predicted octanol–water partition coefficient (Wildman–Crippen LogP) is 1.62. The quantitative estimate of drug-likeness (QED) is 0.871. The summed E-state index contributed by atoms with van der Waals surface area (Å²) in [4.78, 5) is 4.24. The van der Waals surface area contributed by atoms with E-state index < -0.39 is 0 Å². The molecule has 96 valence electrons. The van der Waals surface area contributed by atoms with E-state index in [9.17, 15) is 0 Å². The molecule has 2 aromatic heterocycles. The zero-order chi connectivity index (χ0) is 13.0. The number of aromatic nitrogens is 3. The third-order valence-electron chi connectivity index (χ3n) is 2.94. The molecule has 0 aliphatic heterocycles. The van der Waals surface area contributed by atoms with Gasteiger partial charge in [0.05, 0.1) is 18.8 Å². The SMILES string of the molecule is CCn1nccc1C(NC)c1cccnc1OC. The summed E-state index contributed by atoms with van der Waals surface area (Å²) in [5, 5.41) is 7.59. The Kier molecular flexibility index (Phi) is 3.94. The number of hydrogen-bond acceptors (Lipinski definition) is 4. The maximum absolute atomic E-state index is 5.32. The van der Waals surface area contributed by atoms with Gasteiger partial charge >= 0.3 is 0 Å². The second kappa shape index (κ2) is 5.64. The number of methoxy groups -OCH3 is 1. The van der Waals surface area contributed by atoms with Crippen LogP contribution in [0.2, 0.25) is 0 Å². The van der Waals surface area contributed by atoms with Crippen LogP contribution in [0.5, 0.6) is 5.88 Å². The Morgan fingerprint density at radius 2 is 2.22 bits per heavy atom. The van der Waals surface area contributed by atoms with Gasteiger partial charge in [-0.05, 0) is 26.1 Å². The molecule has 0 bridgehead atoms. The molecule has 1 atom stereocenters. The van der Waals surface area contributed by atoms with E-state index in [4.69, 9.17) is 4.74 Å². The molecule has 2 heterocycles. The van der Waals surface area contributed by atoms with Crippen molar-refractivity contribution >= 4 is 0 Å². The van der Waals surface area contributed by atoms with Crippen molar-refractivity contribution in [3.63, 3.8) is 0 Å². The first kappa shape index (κ1) is 12.6. The Morgan fingerprint density at radius 1 is 1.39 bits per heavy atom. The van der Waals surface area contributed by atoms with Gasteiger partial charge in [0.15, 0.2) is 0 Å². The minimum atomic E-state index is 0.0242. The van der Waals surface area contributed by atoms with Gasteiger partial charge in [-0.15, -0.1) is 0 Å². The summed E-state index contributed by atoms with van der Waals surface area (Å²) in [5.74, 6) is 0.640. The van der Waals surface area contributed by atoms with Crippen molar-refractivity contribution in [2.45, 2.75) is 19.5 Å². The van der Waals surface area contributed by atoms with Crippen LogP contribution >= 0.6 is 0 Å². The van der Waals surface area contributed by atoms with Crippen LogP contribution in [0.3, 0.4) is 0 Å². The lowest BCUT2D eigenvalue weighted by atomic mass is 10.1. The van der Waals surface area contributed by atoms with E-state index in [0.717, 1.165) is 17.8 Å². The third-order valence-corrected chi connectivity index (χ3v) is 2.94. The third kappa shape index (κ3) is 2.22. The van der Waals surface area contributed by atoms with Crippen LogP contribution in [0, 0.1) is 0 Å². The summed E-state index contributed by atoms with van der Waals surface area (Å²) in [6.07, 6.45) is 3.54. The van der Waals surface area contributed by atoms with E-state index in [2.05, 4.69) is 22.3 Å². The van der Waals surface area contributed by atoms with Gasteiger partial charge in [0.1, 0.15) is 0 Å². The number of ether oxygens (including phenoxy) is 1. The van der Waals surface area contributed by atoms with Gasteiger partial charge in [-0.25, -0.2) is 4.98 Å². The maximum atomic E-state index is 5.32. The molecule has 0 fully saturated rings. The van der Waals surface area contributed by atoms with Crippen molar-refractivity contribution < 1.29 is 4.74 Å². The highest BCUT2D eigenvalue weighted by atomic mass is 16.5. The van der Waals surface area contributed by atoms with Crippen LogP contribution < -0.4 is 10.1 Å². The van der Waals surface area contributed by atoms with E-state index >= 15 is 0 Å². The first-order valence-corrected chi connectivity index (χ1v) is 5.99. The molecule has 0 saturated carbocycles. The largest absolute Gasteiger partial charge is 0.481 e. The summed E-state index contributed by atoms with van der Waals surface area (Å²) in [6, 6.07) is 5.96. The number of nitrogens with zero attached hydrogens (tertiary/aromatic N) is 3. The highest BCUT2D eigenvalue weighted by Gasteiger charge is 2.20. The molecule has 0 aromatic carbocycles. The van der Waals surface area contributed by atoms with Gasteiger partial charge in [0, 0.05) is 24.5 Å². The van der Waals surface area contributed by atoms with Gasteiger partial charge in [0.25, 0.3) is 0 Å². The van der Waals surface area contributed by atoms with E-state index in [0.29, 0.717) is 5.88 Å². The number of aryl methyl sites for hydroxylation is 1. The molecule has 18 heavy (non-hydrogen) atoms. The number of hydrogen-bond donors (Lipinski definition) is 1. The lowest BCUT2D eigenvalue weighted by Crippen LogP contribution is -2.22. The van der Waals surface area contributed by atoms with Crippen LogP contribution in [0.1, 0.15) is 24.2 Å². The molecule has 1 unspecified atom stereocenters. The van der Waals surface area contributed by atoms with Crippen LogP contribution in [-0.4, -0.2) is 28.9 Å². The van der Waals surface area contributed by atoms with Crippen LogP contribution in [-0.2, 0) is 6.54 Å². The number of rotatable bonds is 5. The van der Waals surface area contributed by atoms with E-state index in [1.54, 1.807) is 13.3 Å². The van der Waals surface area contributed by atoms with Gasteiger partial charge in [0.2, 0.25) is 5.88 Å². The molecule has 2 aromatic rings. The van der Waals surface area contributed by atoms with Crippen molar-refractivity contribution in [3.8, 4) is 5.88 Å². The number of pyridine rings is 1. The zero-order valence-corrected chi connectivity index (χ0v) is 10.9. The van der Waals surface area contributed by atoms with E-state index in [1.807, 2.05) is 36.1 Å². The van der Waals surface area contributed by atoms with Crippen molar-refractivity contribution in [2.24, 2.45) is 0 Å². The van der Waals surface area contributed by atoms with Crippen LogP contribution in [0.15, 0.2) is 30.6 Å². The Bertz CT molecular complexity index is 509. The Morgan fingerprint density at radius 3 is 2.89 bits per heavy atom. The van der Waals surface area contributed by atoms with Crippen LogP contribution in [0.4, 0.5) is 0 Å². The molecule has 0 saturated heterocycles. The lowest BCUT2D eigenvalue weighted by molar-refractivity contribution is 0.386. The minimum absolute atomic E-state index is 0.0242. The Labute approximate surface area is 107 Å². The summed E-state index contributed by atoms with van der Waals surface area (Å²) >= 11 is 0. The highest BCUT2D eigenvalue weighted by Crippen LogP contribution is 2.27.